The number of aromatic nitrogens is 1. The third kappa shape index (κ3) is 2.87. The molecule has 6 aromatic carbocycles. The molecule has 0 aliphatic rings. The molecule has 9 aromatic rings. The monoisotopic (exact) mass is 506 g/mol. The smallest absolute Gasteiger partial charge is 0.145 e. The molecule has 9 rings (SSSR count). The molecule has 0 aliphatic heterocycles. The molecule has 0 bridgehead atoms. The highest BCUT2D eigenvalue weighted by Gasteiger charge is 2.18. The van der Waals surface area contributed by atoms with E-state index in [-0.39, 0.29) is 57.7 Å². The molecule has 3 aromatic heterocycles. The van der Waals surface area contributed by atoms with Crippen LogP contribution in [0.4, 0.5) is 0 Å². The molecule has 3 heterocycles. The minimum atomic E-state index is -0.456. The summed E-state index contributed by atoms with van der Waals surface area (Å²) >= 11 is 0. The van der Waals surface area contributed by atoms with Crippen LogP contribution >= 0.6 is 0 Å². The average Bonchev–Trinajstić information content (AvgIpc) is 3.76. The maximum atomic E-state index is 9.10. The van der Waals surface area contributed by atoms with Crippen LogP contribution in [0, 0.1) is 0 Å². The SMILES string of the molecule is [2H]c1c([2H])c([2H])c2c(oc3c([2H])c([2H])c(-c4ccc(-n5c6ccccc6c6c7oc8ccccc8c7ccc65)cc4)c([2H])c32)c1[2H]. The van der Waals surface area contributed by atoms with Gasteiger partial charge in [0.1, 0.15) is 22.3 Å². The molecule has 0 saturated heterocycles. The van der Waals surface area contributed by atoms with Gasteiger partial charge in [-0.1, -0.05) is 72.7 Å². The molecule has 0 unspecified atom stereocenters. The van der Waals surface area contributed by atoms with Gasteiger partial charge in [0, 0.05) is 32.6 Å². The van der Waals surface area contributed by atoms with E-state index in [4.69, 9.17) is 18.4 Å². The molecule has 0 N–H and O–H groups in total. The summed E-state index contributed by atoms with van der Waals surface area (Å²) in [6, 6.07) is 25.5. The Hall–Kier alpha value is -5.28. The summed E-state index contributed by atoms with van der Waals surface area (Å²) in [6.07, 6.45) is 0. The number of nitrogens with zero attached hydrogens (tertiary/aromatic N) is 1. The Morgan fingerprint density at radius 2 is 1.31 bits per heavy atom. The van der Waals surface area contributed by atoms with Crippen molar-refractivity contribution in [3.63, 3.8) is 0 Å². The van der Waals surface area contributed by atoms with E-state index < -0.39 is 12.1 Å². The Labute approximate surface area is 232 Å². The van der Waals surface area contributed by atoms with Gasteiger partial charge < -0.3 is 13.4 Å². The van der Waals surface area contributed by atoms with Gasteiger partial charge in [0.15, 0.2) is 0 Å². The largest absolute Gasteiger partial charge is 0.456 e. The zero-order valence-electron chi connectivity index (χ0n) is 27.3. The first-order valence-corrected chi connectivity index (χ1v) is 12.6. The van der Waals surface area contributed by atoms with E-state index >= 15 is 0 Å². The molecule has 0 radical (unpaired) electrons. The average molecular weight is 507 g/mol. The Morgan fingerprint density at radius 3 is 2.23 bits per heavy atom. The van der Waals surface area contributed by atoms with Crippen molar-refractivity contribution in [2.75, 3.05) is 0 Å². The maximum Gasteiger partial charge on any atom is 0.145 e. The highest BCUT2D eigenvalue weighted by molar-refractivity contribution is 6.23. The fourth-order valence-corrected chi connectivity index (χ4v) is 5.74. The molecule has 3 heteroatoms. The first kappa shape index (κ1) is 15.2. The molecule has 39 heavy (non-hydrogen) atoms. The van der Waals surface area contributed by atoms with Gasteiger partial charge >= 0.3 is 0 Å². The molecule has 0 fully saturated rings. The third-order valence-corrected chi connectivity index (χ3v) is 7.48. The van der Waals surface area contributed by atoms with Crippen LogP contribution in [0.3, 0.4) is 0 Å². The topological polar surface area (TPSA) is 31.2 Å². The molecular formula is C36H21NO2. The van der Waals surface area contributed by atoms with Crippen LogP contribution in [0.25, 0.3) is 82.5 Å². The lowest BCUT2D eigenvalue weighted by Gasteiger charge is -2.09. The zero-order chi connectivity index (χ0) is 31.6. The fraction of sp³-hybridized carbons (Fsp3) is 0. The van der Waals surface area contributed by atoms with Gasteiger partial charge in [-0.15, -0.1) is 0 Å². The predicted molar refractivity (Wildman–Crippen MR) is 161 cm³/mol. The lowest BCUT2D eigenvalue weighted by Crippen LogP contribution is -1.93. The van der Waals surface area contributed by atoms with E-state index in [1.54, 1.807) is 0 Å². The second-order valence-corrected chi connectivity index (χ2v) is 9.59. The third-order valence-electron chi connectivity index (χ3n) is 7.48. The number of rotatable bonds is 2. The van der Waals surface area contributed by atoms with Crippen molar-refractivity contribution in [3.8, 4) is 16.8 Å². The summed E-state index contributed by atoms with van der Waals surface area (Å²) in [5, 5.41) is 4.30. The summed E-state index contributed by atoms with van der Waals surface area (Å²) in [5.41, 5.74) is 4.97. The van der Waals surface area contributed by atoms with Crippen molar-refractivity contribution < 1.29 is 18.4 Å². The van der Waals surface area contributed by atoms with Crippen molar-refractivity contribution in [2.24, 2.45) is 0 Å². The fourth-order valence-electron chi connectivity index (χ4n) is 5.74. The van der Waals surface area contributed by atoms with Gasteiger partial charge in [0.2, 0.25) is 0 Å². The Bertz CT molecular complexity index is 2770. The van der Waals surface area contributed by atoms with Crippen LogP contribution in [0.1, 0.15) is 9.60 Å². The van der Waals surface area contributed by atoms with E-state index in [1.807, 2.05) is 54.6 Å². The normalized spacial score (nSPS) is 14.6. The number of furan rings is 2. The molecule has 182 valence electrons. The molecule has 0 saturated carbocycles. The van der Waals surface area contributed by atoms with Crippen LogP contribution in [0.15, 0.2) is 136 Å². The second-order valence-electron chi connectivity index (χ2n) is 9.59. The molecule has 0 spiro atoms. The first-order valence-electron chi connectivity index (χ1n) is 16.1. The first-order chi connectivity index (χ1) is 22.3. The summed E-state index contributed by atoms with van der Waals surface area (Å²) in [7, 11) is 0. The van der Waals surface area contributed by atoms with Gasteiger partial charge in [-0.05, 0) is 65.7 Å². The zero-order valence-corrected chi connectivity index (χ0v) is 20.3. The Morgan fingerprint density at radius 1 is 0.513 bits per heavy atom. The van der Waals surface area contributed by atoms with E-state index in [1.165, 1.54) is 0 Å². The van der Waals surface area contributed by atoms with Crippen LogP contribution in [-0.2, 0) is 0 Å². The Balaban J connectivity index is 1.27. The molecule has 3 nitrogen and oxygen atoms in total. The van der Waals surface area contributed by atoms with E-state index in [9.17, 15) is 0 Å². The minimum absolute atomic E-state index is 0.0413. The van der Waals surface area contributed by atoms with Gasteiger partial charge in [-0.25, -0.2) is 0 Å². The highest BCUT2D eigenvalue weighted by Crippen LogP contribution is 2.40. The summed E-state index contributed by atoms with van der Waals surface area (Å²) in [5.74, 6) is 0. The van der Waals surface area contributed by atoms with Gasteiger partial charge in [0.05, 0.1) is 26.0 Å². The van der Waals surface area contributed by atoms with Crippen LogP contribution in [0.5, 0.6) is 0 Å². The summed E-state index contributed by atoms with van der Waals surface area (Å²) < 4.78 is 73.9. The Kier molecular flexibility index (Phi) is 2.97. The predicted octanol–water partition coefficient (Wildman–Crippen LogP) is 10.2. The number of benzene rings is 6. The van der Waals surface area contributed by atoms with E-state index in [0.717, 1.165) is 49.4 Å². The highest BCUT2D eigenvalue weighted by atomic mass is 16.3. The van der Waals surface area contributed by atoms with Crippen molar-refractivity contribution in [1.82, 2.24) is 4.57 Å². The van der Waals surface area contributed by atoms with Crippen molar-refractivity contribution in [1.29, 1.82) is 0 Å². The van der Waals surface area contributed by atoms with Crippen molar-refractivity contribution in [2.45, 2.75) is 0 Å². The number of fused-ring (bicyclic) bond motifs is 10. The molecule has 0 atom stereocenters. The number of hydrogen-bond acceptors (Lipinski definition) is 2. The van der Waals surface area contributed by atoms with Crippen LogP contribution in [-0.4, -0.2) is 4.57 Å². The molecule has 0 aliphatic carbocycles. The standard InChI is InChI=1S/C36H21NO2/c1-4-10-30-28(9-1)35-31(19-18-27-25-7-2-6-12-33(25)39-36(27)35)37(30)24-16-13-22(14-17-24)23-15-20-34-29(21-23)26-8-3-5-11-32(26)38-34/h1-21H/i3D,5D,8D,11D,15D,20D,21D. The van der Waals surface area contributed by atoms with Crippen molar-refractivity contribution in [3.05, 3.63) is 127 Å². The number of hydrogen-bond donors (Lipinski definition) is 0. The lowest BCUT2D eigenvalue weighted by molar-refractivity contribution is 0.669. The molecule has 0 amide bonds. The summed E-state index contributed by atoms with van der Waals surface area (Å²) in [4.78, 5) is 0. The van der Waals surface area contributed by atoms with Crippen LogP contribution in [0.2, 0.25) is 0 Å². The molecular weight excluding hydrogens is 478 g/mol. The summed E-state index contributed by atoms with van der Waals surface area (Å²) in [6.45, 7) is 0. The quantitative estimate of drug-likeness (QED) is 0.233. The van der Waals surface area contributed by atoms with Gasteiger partial charge in [-0.3, -0.25) is 0 Å². The second kappa shape index (κ2) is 7.62. The van der Waals surface area contributed by atoms with E-state index in [2.05, 4.69) is 34.9 Å². The minimum Gasteiger partial charge on any atom is -0.456 e. The van der Waals surface area contributed by atoms with Crippen molar-refractivity contribution >= 4 is 65.7 Å². The van der Waals surface area contributed by atoms with Gasteiger partial charge in [0.25, 0.3) is 0 Å². The van der Waals surface area contributed by atoms with Crippen LogP contribution < -0.4 is 0 Å². The number of para-hydroxylation sites is 3. The lowest BCUT2D eigenvalue weighted by atomic mass is 10.0. The maximum absolute atomic E-state index is 9.10. The van der Waals surface area contributed by atoms with Gasteiger partial charge in [-0.2, -0.15) is 0 Å². The van der Waals surface area contributed by atoms with E-state index in [0.29, 0.717) is 5.56 Å².